The van der Waals surface area contributed by atoms with Crippen molar-refractivity contribution in [1.29, 1.82) is 5.26 Å². The summed E-state index contributed by atoms with van der Waals surface area (Å²) in [5, 5.41) is 22.5. The lowest BCUT2D eigenvalue weighted by Crippen LogP contribution is -2.53. The van der Waals surface area contributed by atoms with Gasteiger partial charge in [0.25, 0.3) is 5.24 Å². The molecule has 0 bridgehead atoms. The Hall–Kier alpha value is -1.75. The molecule has 1 amide bonds. The molecule has 7 heteroatoms. The molecule has 6 nitrogen and oxygen atoms in total. The van der Waals surface area contributed by atoms with Crippen LogP contribution in [0.5, 0.6) is 5.75 Å². The van der Waals surface area contributed by atoms with Crippen molar-refractivity contribution in [3.63, 3.8) is 0 Å². The lowest BCUT2D eigenvalue weighted by molar-refractivity contribution is -0.0616. The largest absolute Gasteiger partial charge is 0.485 e. The van der Waals surface area contributed by atoms with Crippen LogP contribution in [0.2, 0.25) is 0 Å². The van der Waals surface area contributed by atoms with Gasteiger partial charge in [0, 0.05) is 30.6 Å². The fraction of sp³-hybridized carbons (Fsp3) is 0.529. The Morgan fingerprint density at radius 1 is 1.46 bits per heavy atom. The lowest BCUT2D eigenvalue weighted by Gasteiger charge is -2.42. The normalized spacial score (nSPS) is 25.4. The zero-order valence-electron chi connectivity index (χ0n) is 13.8. The maximum Gasteiger partial charge on any atom is 0.294 e. The van der Waals surface area contributed by atoms with Crippen LogP contribution in [-0.4, -0.2) is 39.4 Å². The molecule has 2 atom stereocenters. The first-order valence-electron chi connectivity index (χ1n) is 8.05. The molecule has 3 rings (SSSR count). The van der Waals surface area contributed by atoms with E-state index in [1.807, 2.05) is 4.31 Å². The van der Waals surface area contributed by atoms with Gasteiger partial charge in [-0.1, -0.05) is 0 Å². The quantitative estimate of drug-likeness (QED) is 0.800. The minimum absolute atomic E-state index is 0.202. The number of carbonyl (C=O) groups excluding carboxylic acids is 1. The summed E-state index contributed by atoms with van der Waals surface area (Å²) in [4.78, 5) is 12.4. The van der Waals surface area contributed by atoms with Crippen LogP contribution in [0.3, 0.4) is 0 Å². The number of aliphatic hydroxyl groups excluding tert-OH is 1. The summed E-state index contributed by atoms with van der Waals surface area (Å²) in [6, 6.07) is 6.52. The minimum Gasteiger partial charge on any atom is -0.485 e. The molecule has 2 N–H and O–H groups in total. The number of fused-ring (bicyclic) bond motifs is 1. The zero-order chi connectivity index (χ0) is 17.3. The van der Waals surface area contributed by atoms with Gasteiger partial charge in [0.15, 0.2) is 0 Å². The number of nitrogens with one attached hydrogen (secondary N) is 1. The van der Waals surface area contributed by atoms with Gasteiger partial charge in [0.2, 0.25) is 0 Å². The number of carbonyl (C=O) groups is 1. The molecule has 0 aliphatic carbocycles. The number of amides is 1. The van der Waals surface area contributed by atoms with E-state index in [9.17, 15) is 9.90 Å². The Kier molecular flexibility index (Phi) is 4.72. The summed E-state index contributed by atoms with van der Waals surface area (Å²) in [6.45, 7) is 5.36. The third kappa shape index (κ3) is 3.36. The maximum atomic E-state index is 12.4. The van der Waals surface area contributed by atoms with Crippen molar-refractivity contribution in [3.8, 4) is 11.8 Å². The predicted octanol–water partition coefficient (Wildman–Crippen LogP) is 2.58. The Morgan fingerprint density at radius 2 is 2.17 bits per heavy atom. The topological polar surface area (TPSA) is 85.6 Å². The third-order valence-corrected chi connectivity index (χ3v) is 5.33. The molecule has 128 valence electrons. The first-order valence-corrected chi connectivity index (χ1v) is 8.82. The van der Waals surface area contributed by atoms with Crippen LogP contribution in [0.1, 0.15) is 43.9 Å². The molecule has 24 heavy (non-hydrogen) atoms. The summed E-state index contributed by atoms with van der Waals surface area (Å²) < 4.78 is 7.87. The van der Waals surface area contributed by atoms with Crippen LogP contribution < -0.4 is 10.1 Å². The van der Waals surface area contributed by atoms with Gasteiger partial charge in [-0.3, -0.25) is 4.79 Å². The first kappa shape index (κ1) is 17.1. The van der Waals surface area contributed by atoms with Crippen molar-refractivity contribution in [2.45, 2.75) is 44.4 Å². The first-order chi connectivity index (χ1) is 11.4. The van der Waals surface area contributed by atoms with E-state index in [0.717, 1.165) is 37.9 Å². The molecule has 0 aromatic heterocycles. The van der Waals surface area contributed by atoms with Crippen LogP contribution >= 0.6 is 11.9 Å². The van der Waals surface area contributed by atoms with E-state index in [0.29, 0.717) is 16.9 Å². The van der Waals surface area contributed by atoms with Crippen molar-refractivity contribution >= 4 is 17.2 Å². The fourth-order valence-electron chi connectivity index (χ4n) is 3.08. The molecule has 1 aromatic carbocycles. The minimum atomic E-state index is -0.915. The number of hydrogen-bond acceptors (Lipinski definition) is 6. The standard InChI is InChI=1S/C17H21N3O3S/c1-17(2)15(21)14(19-16(22)24-20-7-3-4-8-20)12-9-11(10-18)5-6-13(12)23-17/h5-6,9,14-15,21H,3-4,7-8H2,1-2H3,(H,19,22). The monoisotopic (exact) mass is 347 g/mol. The number of rotatable bonds is 2. The number of benzene rings is 1. The highest BCUT2D eigenvalue weighted by Crippen LogP contribution is 2.40. The molecule has 2 aliphatic rings. The Bertz CT molecular complexity index is 680. The molecule has 1 fully saturated rings. The van der Waals surface area contributed by atoms with Gasteiger partial charge >= 0.3 is 0 Å². The van der Waals surface area contributed by atoms with Crippen molar-refractivity contribution in [3.05, 3.63) is 29.3 Å². The second kappa shape index (κ2) is 6.63. The molecule has 0 radical (unpaired) electrons. The SMILES string of the molecule is CC1(C)Oc2ccc(C#N)cc2C(NC(=O)SN2CCCC2)C1O. The van der Waals surface area contributed by atoms with Gasteiger partial charge in [0.1, 0.15) is 17.5 Å². The van der Waals surface area contributed by atoms with Gasteiger partial charge in [0.05, 0.1) is 17.7 Å². The van der Waals surface area contributed by atoms with Crippen molar-refractivity contribution in [2.75, 3.05) is 13.1 Å². The number of aliphatic hydroxyl groups is 1. The number of nitrogens with zero attached hydrogens (tertiary/aromatic N) is 2. The Labute approximate surface area is 145 Å². The summed E-state index contributed by atoms with van der Waals surface area (Å²) in [5.74, 6) is 0.584. The number of hydrogen-bond donors (Lipinski definition) is 2. The van der Waals surface area contributed by atoms with Gasteiger partial charge in [-0.25, -0.2) is 4.31 Å². The van der Waals surface area contributed by atoms with Crippen molar-refractivity contribution < 1.29 is 14.6 Å². The van der Waals surface area contributed by atoms with Crippen LogP contribution in [0, 0.1) is 11.3 Å². The molecular weight excluding hydrogens is 326 g/mol. The maximum absolute atomic E-state index is 12.4. The average Bonchev–Trinajstić information content (AvgIpc) is 3.04. The third-order valence-electron chi connectivity index (χ3n) is 4.43. The Balaban J connectivity index is 1.84. The van der Waals surface area contributed by atoms with Crippen LogP contribution in [0.25, 0.3) is 0 Å². The second-order valence-corrected chi connectivity index (χ2v) is 7.72. The fourth-order valence-corrected chi connectivity index (χ4v) is 3.93. The molecule has 0 saturated carbocycles. The van der Waals surface area contributed by atoms with E-state index in [1.165, 1.54) is 0 Å². The van der Waals surface area contributed by atoms with Crippen LogP contribution in [0.15, 0.2) is 18.2 Å². The average molecular weight is 347 g/mol. The number of nitriles is 1. The predicted molar refractivity (Wildman–Crippen MR) is 91.5 cm³/mol. The highest BCUT2D eigenvalue weighted by Gasteiger charge is 2.43. The molecule has 1 saturated heterocycles. The number of ether oxygens (including phenoxy) is 1. The van der Waals surface area contributed by atoms with E-state index in [1.54, 1.807) is 32.0 Å². The van der Waals surface area contributed by atoms with E-state index in [4.69, 9.17) is 10.00 Å². The van der Waals surface area contributed by atoms with Crippen LogP contribution in [-0.2, 0) is 0 Å². The van der Waals surface area contributed by atoms with Crippen molar-refractivity contribution in [2.24, 2.45) is 0 Å². The summed E-state index contributed by atoms with van der Waals surface area (Å²) in [7, 11) is 0. The van der Waals surface area contributed by atoms with Crippen LogP contribution in [0.4, 0.5) is 4.79 Å². The Morgan fingerprint density at radius 3 is 2.83 bits per heavy atom. The summed E-state index contributed by atoms with van der Waals surface area (Å²) >= 11 is 1.15. The van der Waals surface area contributed by atoms with Gasteiger partial charge in [-0.15, -0.1) is 0 Å². The highest BCUT2D eigenvalue weighted by atomic mass is 32.2. The lowest BCUT2D eigenvalue weighted by atomic mass is 9.86. The van der Waals surface area contributed by atoms with E-state index in [-0.39, 0.29) is 5.24 Å². The summed E-state index contributed by atoms with van der Waals surface area (Å²) in [6.07, 6.45) is 1.28. The summed E-state index contributed by atoms with van der Waals surface area (Å²) in [5.41, 5.74) is 0.268. The van der Waals surface area contributed by atoms with Gasteiger partial charge in [-0.05, 0) is 44.9 Å². The van der Waals surface area contributed by atoms with E-state index >= 15 is 0 Å². The smallest absolute Gasteiger partial charge is 0.294 e. The molecular formula is C17H21N3O3S. The van der Waals surface area contributed by atoms with E-state index in [2.05, 4.69) is 11.4 Å². The molecule has 2 unspecified atom stereocenters. The molecule has 2 aliphatic heterocycles. The molecule has 0 spiro atoms. The second-order valence-electron chi connectivity index (χ2n) is 6.65. The molecule has 1 aromatic rings. The highest BCUT2D eigenvalue weighted by molar-refractivity contribution is 8.11. The van der Waals surface area contributed by atoms with Gasteiger partial charge in [-0.2, -0.15) is 5.26 Å². The van der Waals surface area contributed by atoms with Gasteiger partial charge < -0.3 is 15.2 Å². The molecule has 2 heterocycles. The van der Waals surface area contributed by atoms with Crippen molar-refractivity contribution in [1.82, 2.24) is 9.62 Å². The van der Waals surface area contributed by atoms with E-state index < -0.39 is 17.7 Å². The zero-order valence-corrected chi connectivity index (χ0v) is 14.6.